The molecule has 146 valence electrons. The summed E-state index contributed by atoms with van der Waals surface area (Å²) < 4.78 is 5.73. The highest BCUT2D eigenvalue weighted by Crippen LogP contribution is 2.35. The number of hydrogen-bond donors (Lipinski definition) is 1. The maximum Gasteiger partial charge on any atom is 0.122 e. The zero-order chi connectivity index (χ0) is 19.0. The lowest BCUT2D eigenvalue weighted by atomic mass is 9.92. The molecule has 6 heteroatoms. The second-order valence-corrected chi connectivity index (χ2v) is 8.97. The number of benzene rings is 1. The lowest BCUT2D eigenvalue weighted by molar-refractivity contribution is 0.213. The van der Waals surface area contributed by atoms with Gasteiger partial charge in [0.2, 0.25) is 0 Å². The summed E-state index contributed by atoms with van der Waals surface area (Å²) in [5.74, 6) is 1.34. The van der Waals surface area contributed by atoms with Gasteiger partial charge < -0.3 is 4.74 Å². The number of rotatable bonds is 5. The van der Waals surface area contributed by atoms with E-state index in [2.05, 4.69) is 15.1 Å². The number of aromatic amines is 1. The van der Waals surface area contributed by atoms with E-state index in [-0.39, 0.29) is 6.10 Å². The first-order valence-electron chi connectivity index (χ1n) is 9.89. The number of nitrogens with one attached hydrogen (secondary N) is 1. The molecule has 0 radical (unpaired) electrons. The van der Waals surface area contributed by atoms with E-state index in [0.717, 1.165) is 53.7 Å². The second-order valence-electron chi connectivity index (χ2n) is 8.16. The van der Waals surface area contributed by atoms with Gasteiger partial charge >= 0.3 is 0 Å². The lowest BCUT2D eigenvalue weighted by Crippen LogP contribution is -2.37. The van der Waals surface area contributed by atoms with Gasteiger partial charge in [0.1, 0.15) is 5.75 Å². The number of H-pyrrole nitrogens is 1. The SMILES string of the molecule is CC(C)Oc1cc(Cl)c(CC2CCN(C3CCc4[nH]ncc4C3)C2)c(Cl)c1. The van der Waals surface area contributed by atoms with Crippen molar-refractivity contribution in [1.29, 1.82) is 0 Å². The Hall–Kier alpha value is -1.23. The van der Waals surface area contributed by atoms with Gasteiger partial charge in [-0.3, -0.25) is 10.00 Å². The highest BCUT2D eigenvalue weighted by Gasteiger charge is 2.31. The number of ether oxygens (including phenoxy) is 1. The van der Waals surface area contributed by atoms with E-state index >= 15 is 0 Å². The Kier molecular flexibility index (Phi) is 5.68. The standard InChI is InChI=1S/C21H27Cl2N3O/c1-13(2)27-17-9-19(22)18(20(23)10-17)7-14-5-6-26(12-14)16-3-4-21-15(8-16)11-24-25-21/h9-11,13-14,16H,3-8,12H2,1-2H3,(H,24,25). The van der Waals surface area contributed by atoms with Gasteiger partial charge in [-0.05, 0) is 81.7 Å². The Balaban J connectivity index is 1.39. The molecule has 0 amide bonds. The molecule has 4 rings (SSSR count). The molecule has 1 aliphatic carbocycles. The summed E-state index contributed by atoms with van der Waals surface area (Å²) in [6.45, 7) is 6.28. The van der Waals surface area contributed by atoms with Crippen LogP contribution in [0.25, 0.3) is 0 Å². The van der Waals surface area contributed by atoms with Crippen LogP contribution in [-0.2, 0) is 19.3 Å². The summed E-state index contributed by atoms with van der Waals surface area (Å²) >= 11 is 13.1. The van der Waals surface area contributed by atoms with Crippen molar-refractivity contribution in [2.24, 2.45) is 5.92 Å². The normalized spacial score (nSPS) is 23.0. The smallest absolute Gasteiger partial charge is 0.122 e. The first-order chi connectivity index (χ1) is 13.0. The van der Waals surface area contributed by atoms with Gasteiger partial charge in [0.15, 0.2) is 0 Å². The monoisotopic (exact) mass is 407 g/mol. The van der Waals surface area contributed by atoms with Crippen LogP contribution in [0, 0.1) is 5.92 Å². The molecule has 27 heavy (non-hydrogen) atoms. The van der Waals surface area contributed by atoms with Crippen molar-refractivity contribution in [2.75, 3.05) is 13.1 Å². The van der Waals surface area contributed by atoms with E-state index in [4.69, 9.17) is 27.9 Å². The van der Waals surface area contributed by atoms with Crippen molar-refractivity contribution in [3.63, 3.8) is 0 Å². The molecular weight excluding hydrogens is 381 g/mol. The van der Waals surface area contributed by atoms with Gasteiger partial charge in [0.25, 0.3) is 0 Å². The Bertz CT molecular complexity index is 781. The van der Waals surface area contributed by atoms with Crippen molar-refractivity contribution in [3.05, 3.63) is 45.2 Å². The topological polar surface area (TPSA) is 41.1 Å². The summed E-state index contributed by atoms with van der Waals surface area (Å²) in [6.07, 6.45) is 7.67. The number of halogens is 2. The number of aryl methyl sites for hydroxylation is 1. The number of aromatic nitrogens is 2. The third-order valence-electron chi connectivity index (χ3n) is 5.80. The zero-order valence-corrected chi connectivity index (χ0v) is 17.5. The second kappa shape index (κ2) is 8.02. The van der Waals surface area contributed by atoms with Crippen LogP contribution in [0.1, 0.15) is 43.5 Å². The molecule has 0 bridgehead atoms. The van der Waals surface area contributed by atoms with Gasteiger partial charge in [-0.25, -0.2) is 0 Å². The van der Waals surface area contributed by atoms with Gasteiger partial charge in [0.05, 0.1) is 12.3 Å². The molecule has 1 aromatic heterocycles. The summed E-state index contributed by atoms with van der Waals surface area (Å²) in [5.41, 5.74) is 3.77. The van der Waals surface area contributed by atoms with Crippen LogP contribution in [0.15, 0.2) is 18.3 Å². The van der Waals surface area contributed by atoms with Crippen LogP contribution in [0.2, 0.25) is 10.0 Å². The molecule has 2 heterocycles. The van der Waals surface area contributed by atoms with Crippen molar-refractivity contribution >= 4 is 23.2 Å². The van der Waals surface area contributed by atoms with Crippen molar-refractivity contribution in [2.45, 2.75) is 58.1 Å². The summed E-state index contributed by atoms with van der Waals surface area (Å²) in [7, 11) is 0. The number of fused-ring (bicyclic) bond motifs is 1. The molecule has 2 aromatic rings. The largest absolute Gasteiger partial charge is 0.491 e. The Labute approximate surface area is 171 Å². The summed E-state index contributed by atoms with van der Waals surface area (Å²) in [6, 6.07) is 4.43. The van der Waals surface area contributed by atoms with Gasteiger partial charge in [-0.1, -0.05) is 23.2 Å². The number of nitrogens with zero attached hydrogens (tertiary/aromatic N) is 2. The minimum absolute atomic E-state index is 0.109. The Morgan fingerprint density at radius 1 is 1.26 bits per heavy atom. The minimum atomic E-state index is 0.109. The molecule has 2 atom stereocenters. The van der Waals surface area contributed by atoms with Crippen LogP contribution in [0.5, 0.6) is 5.75 Å². The highest BCUT2D eigenvalue weighted by molar-refractivity contribution is 6.36. The molecule has 1 fully saturated rings. The van der Waals surface area contributed by atoms with Crippen LogP contribution in [-0.4, -0.2) is 40.3 Å². The average molecular weight is 408 g/mol. The fourth-order valence-electron chi connectivity index (χ4n) is 4.47. The average Bonchev–Trinajstić information content (AvgIpc) is 3.26. The predicted molar refractivity (Wildman–Crippen MR) is 110 cm³/mol. The van der Waals surface area contributed by atoms with Crippen molar-refractivity contribution in [1.82, 2.24) is 15.1 Å². The van der Waals surface area contributed by atoms with E-state index in [0.29, 0.717) is 12.0 Å². The minimum Gasteiger partial charge on any atom is -0.491 e. The van der Waals surface area contributed by atoms with Crippen molar-refractivity contribution < 1.29 is 4.74 Å². The fraction of sp³-hybridized carbons (Fsp3) is 0.571. The molecule has 0 spiro atoms. The quantitative estimate of drug-likeness (QED) is 0.763. The maximum atomic E-state index is 6.54. The van der Waals surface area contributed by atoms with E-state index in [1.165, 1.54) is 24.1 Å². The van der Waals surface area contributed by atoms with Gasteiger partial charge in [0, 0.05) is 28.3 Å². The Morgan fingerprint density at radius 2 is 2.04 bits per heavy atom. The first kappa shape index (κ1) is 19.1. The maximum absolute atomic E-state index is 6.54. The van der Waals surface area contributed by atoms with Gasteiger partial charge in [-0.2, -0.15) is 5.10 Å². The lowest BCUT2D eigenvalue weighted by Gasteiger charge is -2.31. The third-order valence-corrected chi connectivity index (χ3v) is 6.48. The molecule has 1 aliphatic heterocycles. The van der Waals surface area contributed by atoms with E-state index in [1.807, 2.05) is 32.2 Å². The van der Waals surface area contributed by atoms with Crippen LogP contribution in [0.3, 0.4) is 0 Å². The van der Waals surface area contributed by atoms with Crippen molar-refractivity contribution in [3.8, 4) is 5.75 Å². The molecule has 1 saturated heterocycles. The molecule has 1 aromatic carbocycles. The predicted octanol–water partition coefficient (Wildman–Crippen LogP) is 4.93. The Morgan fingerprint density at radius 3 is 2.78 bits per heavy atom. The first-order valence-corrected chi connectivity index (χ1v) is 10.6. The van der Waals surface area contributed by atoms with Crippen LogP contribution in [0.4, 0.5) is 0 Å². The van der Waals surface area contributed by atoms with Crippen LogP contribution >= 0.6 is 23.2 Å². The third kappa shape index (κ3) is 4.28. The fourth-order valence-corrected chi connectivity index (χ4v) is 5.09. The molecule has 2 unspecified atom stereocenters. The van der Waals surface area contributed by atoms with E-state index < -0.39 is 0 Å². The van der Waals surface area contributed by atoms with Crippen LogP contribution < -0.4 is 4.74 Å². The molecule has 4 nitrogen and oxygen atoms in total. The summed E-state index contributed by atoms with van der Waals surface area (Å²) in [5, 5.41) is 8.77. The zero-order valence-electron chi connectivity index (χ0n) is 16.0. The van der Waals surface area contributed by atoms with E-state index in [9.17, 15) is 0 Å². The highest BCUT2D eigenvalue weighted by atomic mass is 35.5. The summed E-state index contributed by atoms with van der Waals surface area (Å²) in [4.78, 5) is 2.65. The number of likely N-dealkylation sites (tertiary alicyclic amines) is 1. The van der Waals surface area contributed by atoms with Gasteiger partial charge in [-0.15, -0.1) is 0 Å². The molecule has 0 saturated carbocycles. The van der Waals surface area contributed by atoms with E-state index in [1.54, 1.807) is 0 Å². The number of hydrogen-bond acceptors (Lipinski definition) is 3. The molecule has 1 N–H and O–H groups in total. The molecule has 2 aliphatic rings. The molecular formula is C21H27Cl2N3O.